The molecule has 0 amide bonds. The first-order valence-electron chi connectivity index (χ1n) is 44.9. The van der Waals surface area contributed by atoms with Gasteiger partial charge in [0.25, 0.3) is 27.8 Å². The first kappa shape index (κ1) is 87.8. The summed E-state index contributed by atoms with van der Waals surface area (Å²) in [4.78, 5) is 109. The maximum absolute atomic E-state index is 13.6. The predicted octanol–water partition coefficient (Wildman–Crippen LogP) is 13.2. The lowest BCUT2D eigenvalue weighted by molar-refractivity contribution is -0.00911. The van der Waals surface area contributed by atoms with Crippen LogP contribution in [0.4, 0.5) is 4.39 Å². The Labute approximate surface area is 760 Å². The topological polar surface area (TPSA) is 287 Å². The van der Waals surface area contributed by atoms with Crippen LogP contribution in [-0.4, -0.2) is 128 Å². The second kappa shape index (κ2) is 40.0. The molecule has 658 valence electrons. The number of nitrogens with zero attached hydrogens (tertiary/aromatic N) is 15. The van der Waals surface area contributed by atoms with Crippen LogP contribution < -0.4 is 27.8 Å². The Morgan fingerprint density at radius 2 is 0.720 bits per heavy atom. The van der Waals surface area contributed by atoms with E-state index in [0.29, 0.717) is 155 Å². The maximum atomic E-state index is 13.6. The minimum atomic E-state index is -0.871. The molecule has 0 saturated carbocycles. The summed E-state index contributed by atoms with van der Waals surface area (Å²) in [5.41, 5.74) is 10.7. The highest BCUT2D eigenvalue weighted by atomic mass is 19.1. The second-order valence-electron chi connectivity index (χ2n) is 34.2. The van der Waals surface area contributed by atoms with E-state index in [9.17, 15) is 33.5 Å². The summed E-state index contributed by atoms with van der Waals surface area (Å²) in [5.74, 6) is 35.6. The van der Waals surface area contributed by atoms with Crippen molar-refractivity contribution >= 4 is 54.5 Å². The fourth-order valence-electron chi connectivity index (χ4n) is 17.8. The molecule has 17 heterocycles. The van der Waals surface area contributed by atoms with Crippen molar-refractivity contribution in [2.75, 3.05) is 26.9 Å². The smallest absolute Gasteiger partial charge is 0.261 e. The van der Waals surface area contributed by atoms with Crippen LogP contribution in [0.25, 0.3) is 54.5 Å². The third kappa shape index (κ3) is 20.5. The molecule has 6 atom stereocenters. The van der Waals surface area contributed by atoms with Crippen molar-refractivity contribution in [3.63, 3.8) is 0 Å². The molecule has 0 bridgehead atoms. The van der Waals surface area contributed by atoms with Gasteiger partial charge in [-0.3, -0.25) is 46.8 Å². The number of hydrogen-bond donors (Lipinski definition) is 1. The quantitative estimate of drug-likeness (QED) is 0.149. The van der Waals surface area contributed by atoms with Crippen molar-refractivity contribution in [2.45, 2.75) is 166 Å². The summed E-state index contributed by atoms with van der Waals surface area (Å²) >= 11 is 0. The molecule has 10 aromatic heterocycles. The number of methoxy groups -OCH3 is 1. The van der Waals surface area contributed by atoms with Crippen molar-refractivity contribution in [3.05, 3.63) is 350 Å². The van der Waals surface area contributed by atoms with Crippen LogP contribution in [-0.2, 0) is 79.0 Å². The van der Waals surface area contributed by atoms with Crippen LogP contribution in [0.1, 0.15) is 163 Å². The zero-order chi connectivity index (χ0) is 90.5. The standard InChI is InChI=1S/C23H21N3O2.C22H19N3O2.C22H21N3O2.C20H16FN3O.C20H17N3O2/c27-22-19-8-6-17(5-7-18-4-1-2-13-24-18)16-20(19)25-21-9-11-23(10-3-15-28-23)12-14-26(21)22;26-22-19-8-5-15(4-7-18-3-1-2-10-23-18)11-20(19)24-21-9-6-16-13-27-14-17(16)12-25(21)22;1-22(27-2)11-10-20-24-19-15-16(6-8-17-5-3-4-13-23-17)7-9-18(19)21(26)25(20)14-12-22;21-15-6-9-19-23-18-13-14(4-7-16-3-1-2-11-22-16)5-8-17(18)20(25)24(19)12-10-15;24-16-7-9-19-22-18-13-14(4-6-15-3-1-2-11-21-15)5-8-17(18)20(25)23(19)12-10-16/h1-2,4,6,8,13,16H,3,9-12,14-15H2;1-3,5,8,10-11,16-17H,6,9,12-14H2;3-5,7,9,13,15H,10-12,14H2,1-2H3;1-3,5,8,11,13,15H,6,9-10,12H2;1-3,5,8,11,13,16,24H,7,9-10,12H2/t;16-,17+;;;/m.1.../s1. The van der Waals surface area contributed by atoms with E-state index < -0.39 is 6.17 Å². The Morgan fingerprint density at radius 3 is 1.11 bits per heavy atom. The van der Waals surface area contributed by atoms with E-state index in [1.54, 1.807) is 63.9 Å². The van der Waals surface area contributed by atoms with Crippen molar-refractivity contribution in [3.8, 4) is 59.2 Å². The Hall–Kier alpha value is -14.9. The molecule has 24 nitrogen and oxygen atoms in total. The summed E-state index contributed by atoms with van der Waals surface area (Å²) < 4.78 is 39.8. The Morgan fingerprint density at radius 1 is 0.371 bits per heavy atom. The summed E-state index contributed by atoms with van der Waals surface area (Å²) in [5, 5.41) is 12.9. The maximum Gasteiger partial charge on any atom is 0.261 e. The fourth-order valence-corrected chi connectivity index (χ4v) is 17.8. The van der Waals surface area contributed by atoms with Crippen LogP contribution >= 0.6 is 0 Å². The molecule has 0 aliphatic carbocycles. The van der Waals surface area contributed by atoms with E-state index in [2.05, 4.69) is 101 Å². The highest BCUT2D eigenvalue weighted by molar-refractivity contribution is 5.83. The SMILES string of the molecule is COC1(C)CCc2nc3cc(C#Cc4ccccn4)ccc3c(=O)n2CC1.O=c1c2ccc(C#Cc3ccccn3)cc2nc2n1CCC(F)CC2.O=c1c2ccc(C#Cc3ccccn3)cc2nc2n1CCC(O)CC2.O=c1c2ccc(C#Cc3ccccn3)cc2nc2n1CCC1(CCCO1)CC2.O=c1c2ccc(C#Cc3ccccn3)cc2nc2n1C[C@H]1COC[C@H]1CC2. The molecule has 15 aromatic rings. The number of benzene rings is 5. The molecule has 4 unspecified atom stereocenters. The second-order valence-corrected chi connectivity index (χ2v) is 34.2. The number of alkyl halides is 1. The Kier molecular flexibility index (Phi) is 26.6. The van der Waals surface area contributed by atoms with Crippen molar-refractivity contribution in [2.24, 2.45) is 11.8 Å². The first-order chi connectivity index (χ1) is 64.5. The van der Waals surface area contributed by atoms with Crippen molar-refractivity contribution < 1.29 is 23.7 Å². The average Bonchev–Trinajstić information content (AvgIpc) is 1.48. The number of halogens is 1. The van der Waals surface area contributed by atoms with Gasteiger partial charge in [0.2, 0.25) is 0 Å². The summed E-state index contributed by atoms with van der Waals surface area (Å²) in [6, 6.07) is 55.7. The number of pyridine rings is 5. The van der Waals surface area contributed by atoms with Gasteiger partial charge in [0, 0.05) is 150 Å². The molecule has 7 aliphatic heterocycles. The van der Waals surface area contributed by atoms with Gasteiger partial charge in [-0.25, -0.2) is 54.2 Å². The summed E-state index contributed by atoms with van der Waals surface area (Å²) in [7, 11) is 1.73. The van der Waals surface area contributed by atoms with Gasteiger partial charge in [-0.15, -0.1) is 0 Å². The molecule has 0 radical (unpaired) electrons. The van der Waals surface area contributed by atoms with Crippen LogP contribution in [0.5, 0.6) is 0 Å². The van der Waals surface area contributed by atoms with Crippen LogP contribution in [0.3, 0.4) is 0 Å². The molecule has 2 saturated heterocycles. The van der Waals surface area contributed by atoms with Gasteiger partial charge in [0.05, 0.1) is 78.4 Å². The summed E-state index contributed by atoms with van der Waals surface area (Å²) in [6.07, 6.45) is 19.4. The molecule has 132 heavy (non-hydrogen) atoms. The van der Waals surface area contributed by atoms with E-state index >= 15 is 0 Å². The number of aliphatic hydroxyl groups excluding tert-OH is 1. The molecule has 25 heteroatoms. The molecule has 5 aromatic carbocycles. The number of ether oxygens (including phenoxy) is 3. The number of aryl methyl sites for hydroxylation is 5. The number of rotatable bonds is 1. The van der Waals surface area contributed by atoms with Gasteiger partial charge in [-0.1, -0.05) is 59.9 Å². The third-order valence-electron chi connectivity index (χ3n) is 25.4. The van der Waals surface area contributed by atoms with Crippen LogP contribution in [0, 0.1) is 71.0 Å². The monoisotopic (exact) mass is 1750 g/mol. The molecule has 1 spiro atoms. The van der Waals surface area contributed by atoms with Gasteiger partial charge < -0.3 is 19.3 Å². The lowest BCUT2D eigenvalue weighted by atomic mass is 9.91. The minimum absolute atomic E-state index is 0.0135. The molecule has 1 N–H and O–H groups in total. The third-order valence-corrected chi connectivity index (χ3v) is 25.4. The molecule has 2 fully saturated rings. The average molecular weight is 1750 g/mol. The van der Waals surface area contributed by atoms with Crippen LogP contribution in [0.15, 0.2) is 237 Å². The fraction of sp³-hybridized carbons (Fsp3) is 0.299. The van der Waals surface area contributed by atoms with E-state index in [0.717, 1.165) is 152 Å². The largest absolute Gasteiger partial charge is 0.393 e. The van der Waals surface area contributed by atoms with Crippen LogP contribution in [0.2, 0.25) is 0 Å². The highest BCUT2D eigenvalue weighted by Crippen LogP contribution is 2.37. The number of aliphatic hydroxyl groups is 1. The zero-order valence-electron chi connectivity index (χ0n) is 73.3. The van der Waals surface area contributed by atoms with Crippen molar-refractivity contribution in [1.82, 2.24) is 72.7 Å². The number of aromatic nitrogens is 15. The van der Waals surface area contributed by atoms with Gasteiger partial charge >= 0.3 is 0 Å². The highest BCUT2D eigenvalue weighted by Gasteiger charge is 2.38. The zero-order valence-corrected chi connectivity index (χ0v) is 73.3. The molecular formula is C107H94FN15O9. The predicted molar refractivity (Wildman–Crippen MR) is 503 cm³/mol. The Balaban J connectivity index is 0.000000111. The molecular weight excluding hydrogens is 1660 g/mol. The van der Waals surface area contributed by atoms with E-state index in [1.807, 2.05) is 179 Å². The number of hydrogen-bond acceptors (Lipinski definition) is 19. The lowest BCUT2D eigenvalue weighted by Gasteiger charge is -2.25. The Bertz CT molecular complexity index is 7390. The first-order valence-corrected chi connectivity index (χ1v) is 44.9. The normalized spacial score (nSPS) is 19.0. The van der Waals surface area contributed by atoms with Gasteiger partial charge in [-0.2, -0.15) is 0 Å². The lowest BCUT2D eigenvalue weighted by Crippen LogP contribution is -2.29. The minimum Gasteiger partial charge on any atom is -0.393 e. The molecule has 7 aliphatic rings. The van der Waals surface area contributed by atoms with E-state index in [-0.39, 0.29) is 45.1 Å². The van der Waals surface area contributed by atoms with Gasteiger partial charge in [-0.05, 0) is 265 Å². The molecule has 22 rings (SSSR count). The van der Waals surface area contributed by atoms with E-state index in [1.165, 1.54) is 0 Å². The summed E-state index contributed by atoms with van der Waals surface area (Å²) in [6.45, 7) is 7.40. The van der Waals surface area contributed by atoms with Gasteiger partial charge in [0.15, 0.2) is 0 Å². The van der Waals surface area contributed by atoms with Crippen molar-refractivity contribution in [1.29, 1.82) is 0 Å². The van der Waals surface area contributed by atoms with Gasteiger partial charge in [0.1, 0.15) is 63.8 Å². The number of fused-ring (bicyclic) bond motifs is 11. The van der Waals surface area contributed by atoms with E-state index in [4.69, 9.17) is 29.2 Å².